The van der Waals surface area contributed by atoms with E-state index >= 15 is 0 Å². The average Bonchev–Trinajstić information content (AvgIpc) is 2.45. The van der Waals surface area contributed by atoms with Crippen molar-refractivity contribution in [3.8, 4) is 5.88 Å². The Bertz CT molecular complexity index is 639. The number of Topliss-reactive ketones (excluding diaryl/α,β-unsaturated/α-hetero) is 1. The number of rotatable bonds is 5. The molecule has 0 saturated heterocycles. The fourth-order valence-corrected chi connectivity index (χ4v) is 3.23. The zero-order valence-electron chi connectivity index (χ0n) is 15.3. The summed E-state index contributed by atoms with van der Waals surface area (Å²) in [5.74, 6) is 0.209. The molecule has 1 aliphatic carbocycles. The second kappa shape index (κ2) is 8.17. The molecule has 5 nitrogen and oxygen atoms in total. The Morgan fingerprint density at radius 1 is 1.28 bits per heavy atom. The summed E-state index contributed by atoms with van der Waals surface area (Å²) in [5, 5.41) is 0.293. The number of hydrogen-bond donors (Lipinski definition) is 0. The predicted octanol–water partition coefficient (Wildman–Crippen LogP) is 4.61. The molecule has 1 heterocycles. The second-order valence-corrected chi connectivity index (χ2v) is 7.99. The maximum atomic E-state index is 12.0. The maximum Gasteiger partial charge on any atom is 0.306 e. The minimum Gasteiger partial charge on any atom is -0.474 e. The standard InChI is InChI=1S/C19H26ClNO4/c1-12(22)15-8-9-16(20)21-18(15)24-14-7-5-6-13(10-14)11-17(23)25-19(2,3)4/h8-9,13-14H,5-7,10-11H2,1-4H3/t13?,14-/m0/s1. The quantitative estimate of drug-likeness (QED) is 0.432. The zero-order valence-corrected chi connectivity index (χ0v) is 16.1. The lowest BCUT2D eigenvalue weighted by Gasteiger charge is -2.30. The number of carbonyl (C=O) groups is 2. The SMILES string of the molecule is CC(=O)c1ccc(Cl)nc1O[C@H]1CCCC(CC(=O)OC(C)(C)C)C1. The monoisotopic (exact) mass is 367 g/mol. The van der Waals surface area contributed by atoms with Gasteiger partial charge in [-0.05, 0) is 71.4 Å². The molecule has 1 unspecified atom stereocenters. The van der Waals surface area contributed by atoms with Crippen molar-refractivity contribution in [3.63, 3.8) is 0 Å². The summed E-state index contributed by atoms with van der Waals surface area (Å²) in [4.78, 5) is 27.9. The van der Waals surface area contributed by atoms with E-state index in [0.29, 0.717) is 17.1 Å². The molecule has 0 radical (unpaired) electrons. The highest BCUT2D eigenvalue weighted by atomic mass is 35.5. The van der Waals surface area contributed by atoms with Gasteiger partial charge in [0.05, 0.1) is 5.56 Å². The van der Waals surface area contributed by atoms with Crippen LogP contribution in [0.1, 0.15) is 70.2 Å². The Morgan fingerprint density at radius 2 is 2.00 bits per heavy atom. The number of carbonyl (C=O) groups excluding carboxylic acids is 2. The van der Waals surface area contributed by atoms with Gasteiger partial charge in [-0.25, -0.2) is 4.98 Å². The molecule has 1 saturated carbocycles. The van der Waals surface area contributed by atoms with Gasteiger partial charge in [-0.3, -0.25) is 9.59 Å². The van der Waals surface area contributed by atoms with Gasteiger partial charge in [-0.15, -0.1) is 0 Å². The molecule has 0 aliphatic heterocycles. The van der Waals surface area contributed by atoms with Crippen LogP contribution in [0.2, 0.25) is 5.15 Å². The molecule has 2 atom stereocenters. The highest BCUT2D eigenvalue weighted by Gasteiger charge is 2.28. The summed E-state index contributed by atoms with van der Waals surface area (Å²) >= 11 is 5.93. The molecule has 138 valence electrons. The van der Waals surface area contributed by atoms with Crippen molar-refractivity contribution in [1.29, 1.82) is 0 Å². The Balaban J connectivity index is 1.99. The summed E-state index contributed by atoms with van der Waals surface area (Å²) in [5.41, 5.74) is -0.0402. The van der Waals surface area contributed by atoms with Crippen LogP contribution in [-0.2, 0) is 9.53 Å². The lowest BCUT2D eigenvalue weighted by Crippen LogP contribution is -2.30. The molecule has 25 heavy (non-hydrogen) atoms. The number of halogens is 1. The topological polar surface area (TPSA) is 65.5 Å². The van der Waals surface area contributed by atoms with Gasteiger partial charge in [0.25, 0.3) is 0 Å². The highest BCUT2D eigenvalue weighted by Crippen LogP contribution is 2.31. The van der Waals surface area contributed by atoms with Gasteiger partial charge in [0.2, 0.25) is 5.88 Å². The van der Waals surface area contributed by atoms with Crippen molar-refractivity contribution in [2.75, 3.05) is 0 Å². The van der Waals surface area contributed by atoms with Crippen molar-refractivity contribution in [2.45, 2.75) is 71.5 Å². The molecule has 2 rings (SSSR count). The molecular weight excluding hydrogens is 342 g/mol. The molecule has 1 fully saturated rings. The molecule has 1 aromatic rings. The fourth-order valence-electron chi connectivity index (χ4n) is 3.09. The Hall–Kier alpha value is -1.62. The van der Waals surface area contributed by atoms with Gasteiger partial charge in [0.1, 0.15) is 16.9 Å². The number of pyridine rings is 1. The summed E-state index contributed by atoms with van der Waals surface area (Å²) in [6.07, 6.45) is 3.86. The Labute approximate surface area is 154 Å². The average molecular weight is 368 g/mol. The third kappa shape index (κ3) is 6.31. The van der Waals surface area contributed by atoms with Gasteiger partial charge in [-0.2, -0.15) is 0 Å². The number of ketones is 1. The highest BCUT2D eigenvalue weighted by molar-refractivity contribution is 6.29. The molecule has 0 spiro atoms. The van der Waals surface area contributed by atoms with E-state index in [1.807, 2.05) is 20.8 Å². The van der Waals surface area contributed by atoms with Crippen molar-refractivity contribution in [3.05, 3.63) is 22.8 Å². The largest absolute Gasteiger partial charge is 0.474 e. The van der Waals surface area contributed by atoms with E-state index in [-0.39, 0.29) is 29.7 Å². The van der Waals surface area contributed by atoms with Crippen molar-refractivity contribution in [2.24, 2.45) is 5.92 Å². The number of esters is 1. The van der Waals surface area contributed by atoms with E-state index in [1.165, 1.54) is 6.92 Å². The lowest BCUT2D eigenvalue weighted by atomic mass is 9.85. The molecule has 1 aliphatic rings. The first-order valence-electron chi connectivity index (χ1n) is 8.70. The number of ether oxygens (including phenoxy) is 2. The molecule has 6 heteroatoms. The Morgan fingerprint density at radius 3 is 2.64 bits per heavy atom. The first kappa shape index (κ1) is 19.7. The van der Waals surface area contributed by atoms with Gasteiger partial charge >= 0.3 is 5.97 Å². The first-order valence-corrected chi connectivity index (χ1v) is 9.08. The normalized spacial score (nSPS) is 20.8. The van der Waals surface area contributed by atoms with Crippen LogP contribution < -0.4 is 4.74 Å². The van der Waals surface area contributed by atoms with Crippen LogP contribution in [0.15, 0.2) is 12.1 Å². The van der Waals surface area contributed by atoms with Crippen LogP contribution in [0, 0.1) is 5.92 Å². The molecule has 1 aromatic heterocycles. The molecule has 0 amide bonds. The third-order valence-corrected chi connectivity index (χ3v) is 4.30. The van der Waals surface area contributed by atoms with Crippen molar-refractivity contribution < 1.29 is 19.1 Å². The van der Waals surface area contributed by atoms with Crippen LogP contribution in [0.4, 0.5) is 0 Å². The minimum atomic E-state index is -0.469. The second-order valence-electron chi connectivity index (χ2n) is 7.61. The van der Waals surface area contributed by atoms with E-state index in [1.54, 1.807) is 12.1 Å². The van der Waals surface area contributed by atoms with Crippen LogP contribution in [0.5, 0.6) is 5.88 Å². The van der Waals surface area contributed by atoms with Gasteiger partial charge in [0, 0.05) is 6.42 Å². The van der Waals surface area contributed by atoms with Crippen LogP contribution >= 0.6 is 11.6 Å². The third-order valence-electron chi connectivity index (χ3n) is 4.09. The minimum absolute atomic E-state index is 0.0785. The summed E-state index contributed by atoms with van der Waals surface area (Å²) in [6.45, 7) is 7.08. The van der Waals surface area contributed by atoms with E-state index in [2.05, 4.69) is 4.98 Å². The predicted molar refractivity (Wildman–Crippen MR) is 96.1 cm³/mol. The molecular formula is C19H26ClNO4. The first-order chi connectivity index (χ1) is 11.6. The molecule has 0 bridgehead atoms. The van der Waals surface area contributed by atoms with E-state index in [9.17, 15) is 9.59 Å². The van der Waals surface area contributed by atoms with Gasteiger partial charge < -0.3 is 9.47 Å². The van der Waals surface area contributed by atoms with Crippen LogP contribution in [0.25, 0.3) is 0 Å². The van der Waals surface area contributed by atoms with Crippen LogP contribution in [0.3, 0.4) is 0 Å². The number of nitrogens with zero attached hydrogens (tertiary/aromatic N) is 1. The smallest absolute Gasteiger partial charge is 0.306 e. The van der Waals surface area contributed by atoms with Gasteiger partial charge in [0.15, 0.2) is 5.78 Å². The molecule has 0 N–H and O–H groups in total. The zero-order chi connectivity index (χ0) is 18.6. The summed E-state index contributed by atoms with van der Waals surface area (Å²) < 4.78 is 11.4. The lowest BCUT2D eigenvalue weighted by molar-refractivity contribution is -0.156. The van der Waals surface area contributed by atoms with E-state index < -0.39 is 5.60 Å². The maximum absolute atomic E-state index is 12.0. The summed E-state index contributed by atoms with van der Waals surface area (Å²) in [7, 11) is 0. The summed E-state index contributed by atoms with van der Waals surface area (Å²) in [6, 6.07) is 3.21. The fraction of sp³-hybridized carbons (Fsp3) is 0.632. The van der Waals surface area contributed by atoms with E-state index in [4.69, 9.17) is 21.1 Å². The number of aromatic nitrogens is 1. The number of hydrogen-bond acceptors (Lipinski definition) is 5. The van der Waals surface area contributed by atoms with E-state index in [0.717, 1.165) is 25.7 Å². The van der Waals surface area contributed by atoms with Crippen molar-refractivity contribution in [1.82, 2.24) is 4.98 Å². The van der Waals surface area contributed by atoms with Crippen LogP contribution in [-0.4, -0.2) is 28.4 Å². The Kier molecular flexibility index (Phi) is 6.44. The molecule has 0 aromatic carbocycles. The van der Waals surface area contributed by atoms with Gasteiger partial charge in [-0.1, -0.05) is 11.6 Å². The van der Waals surface area contributed by atoms with Crippen molar-refractivity contribution >= 4 is 23.4 Å².